The van der Waals surface area contributed by atoms with Crippen molar-refractivity contribution in [2.24, 2.45) is 0 Å². The van der Waals surface area contributed by atoms with E-state index in [0.29, 0.717) is 23.4 Å². The molecule has 2 N–H and O–H groups in total. The minimum absolute atomic E-state index is 0.0256. The number of amides is 1. The predicted octanol–water partition coefficient (Wildman–Crippen LogP) is 1.75. The number of benzene rings is 1. The van der Waals surface area contributed by atoms with Crippen LogP contribution in [0.25, 0.3) is 0 Å². The normalized spacial score (nSPS) is 18.7. The number of aromatic nitrogens is 1. The Morgan fingerprint density at radius 1 is 1.28 bits per heavy atom. The third-order valence-electron chi connectivity index (χ3n) is 4.01. The Morgan fingerprint density at radius 2 is 2.08 bits per heavy atom. The number of hydrogen-bond donors (Lipinski definition) is 2. The maximum absolute atomic E-state index is 13.6. The van der Waals surface area contributed by atoms with Crippen molar-refractivity contribution in [3.05, 3.63) is 59.5 Å². The van der Waals surface area contributed by atoms with Gasteiger partial charge in [-0.1, -0.05) is 18.2 Å². The first-order valence-electron chi connectivity index (χ1n) is 7.87. The number of anilines is 1. The molecule has 1 fully saturated rings. The fourth-order valence-corrected chi connectivity index (χ4v) is 4.35. The van der Waals surface area contributed by atoms with Crippen LogP contribution in [-0.2, 0) is 16.4 Å². The maximum atomic E-state index is 13.6. The molecule has 1 unspecified atom stereocenters. The number of pyridine rings is 1. The Hall–Kier alpha value is -2.48. The fourth-order valence-electron chi connectivity index (χ4n) is 2.67. The van der Waals surface area contributed by atoms with Crippen molar-refractivity contribution in [3.63, 3.8) is 0 Å². The van der Waals surface area contributed by atoms with Crippen molar-refractivity contribution in [1.29, 1.82) is 0 Å². The molecule has 1 amide bonds. The molecule has 2 aromatic rings. The molecule has 1 aliphatic heterocycles. The van der Waals surface area contributed by atoms with Gasteiger partial charge in [0.25, 0.3) is 5.91 Å². The summed E-state index contributed by atoms with van der Waals surface area (Å²) in [7, 11) is -3.05. The number of carbonyl (C=O) groups excluding carboxylic acids is 1. The van der Waals surface area contributed by atoms with Gasteiger partial charge in [-0.25, -0.2) is 17.8 Å². The van der Waals surface area contributed by atoms with Crippen molar-refractivity contribution >= 4 is 21.6 Å². The van der Waals surface area contributed by atoms with E-state index in [0.717, 1.165) is 0 Å². The number of sulfone groups is 1. The number of nitrogens with zero attached hydrogens (tertiary/aromatic N) is 1. The Balaban J connectivity index is 1.63. The lowest BCUT2D eigenvalue weighted by Gasteiger charge is -2.12. The van der Waals surface area contributed by atoms with E-state index in [1.54, 1.807) is 30.3 Å². The minimum Gasteiger partial charge on any atom is -0.366 e. The Labute approximate surface area is 145 Å². The topological polar surface area (TPSA) is 88.2 Å². The van der Waals surface area contributed by atoms with Crippen LogP contribution in [0.15, 0.2) is 42.6 Å². The van der Waals surface area contributed by atoms with Crippen LogP contribution in [-0.4, -0.2) is 36.9 Å². The number of hydrogen-bond acceptors (Lipinski definition) is 5. The second-order valence-electron chi connectivity index (χ2n) is 5.95. The summed E-state index contributed by atoms with van der Waals surface area (Å²) >= 11 is 0. The van der Waals surface area contributed by atoms with Gasteiger partial charge in [0.2, 0.25) is 0 Å². The Kier molecular flexibility index (Phi) is 4.98. The van der Waals surface area contributed by atoms with Gasteiger partial charge in [-0.3, -0.25) is 4.79 Å². The number of carbonyl (C=O) groups is 1. The number of halogens is 1. The zero-order valence-electron chi connectivity index (χ0n) is 13.4. The van der Waals surface area contributed by atoms with Gasteiger partial charge in [0.1, 0.15) is 11.6 Å². The highest BCUT2D eigenvalue weighted by Crippen LogP contribution is 2.14. The van der Waals surface area contributed by atoms with Crippen LogP contribution in [0, 0.1) is 5.82 Å². The molecule has 0 spiro atoms. The van der Waals surface area contributed by atoms with E-state index in [1.165, 1.54) is 12.3 Å². The molecule has 0 aliphatic carbocycles. The molecular weight excluding hydrogens is 345 g/mol. The van der Waals surface area contributed by atoms with E-state index in [-0.39, 0.29) is 35.8 Å². The van der Waals surface area contributed by atoms with Gasteiger partial charge in [-0.2, -0.15) is 0 Å². The van der Waals surface area contributed by atoms with Crippen LogP contribution < -0.4 is 10.6 Å². The molecule has 1 atom stereocenters. The van der Waals surface area contributed by atoms with Crippen LogP contribution in [0.2, 0.25) is 0 Å². The average Bonchev–Trinajstić information content (AvgIpc) is 2.93. The fraction of sp³-hybridized carbons (Fsp3) is 0.294. The molecule has 1 aliphatic rings. The number of rotatable bonds is 5. The van der Waals surface area contributed by atoms with Gasteiger partial charge >= 0.3 is 0 Å². The Bertz CT molecular complexity index is 886. The molecule has 3 rings (SSSR count). The molecule has 1 saturated heterocycles. The van der Waals surface area contributed by atoms with Gasteiger partial charge in [0, 0.05) is 29.9 Å². The molecule has 132 valence electrons. The Morgan fingerprint density at radius 3 is 2.80 bits per heavy atom. The smallest absolute Gasteiger partial charge is 0.251 e. The molecule has 25 heavy (non-hydrogen) atoms. The third kappa shape index (κ3) is 4.54. The average molecular weight is 363 g/mol. The molecule has 2 heterocycles. The van der Waals surface area contributed by atoms with Gasteiger partial charge in [-0.15, -0.1) is 0 Å². The first kappa shape index (κ1) is 17.3. The maximum Gasteiger partial charge on any atom is 0.251 e. The summed E-state index contributed by atoms with van der Waals surface area (Å²) in [6.07, 6.45) is 1.90. The van der Waals surface area contributed by atoms with Crippen molar-refractivity contribution in [1.82, 2.24) is 10.3 Å². The molecule has 0 radical (unpaired) electrons. The second kappa shape index (κ2) is 7.18. The summed E-state index contributed by atoms with van der Waals surface area (Å²) in [5.41, 5.74) is 0.866. The molecule has 0 bridgehead atoms. The third-order valence-corrected chi connectivity index (χ3v) is 5.78. The quantitative estimate of drug-likeness (QED) is 0.845. The highest BCUT2D eigenvalue weighted by atomic mass is 32.2. The lowest BCUT2D eigenvalue weighted by Crippen LogP contribution is -2.35. The highest BCUT2D eigenvalue weighted by molar-refractivity contribution is 7.91. The lowest BCUT2D eigenvalue weighted by molar-refractivity contribution is 0.0941. The van der Waals surface area contributed by atoms with E-state index in [2.05, 4.69) is 15.6 Å². The van der Waals surface area contributed by atoms with Gasteiger partial charge in [-0.05, 0) is 24.6 Å². The number of nitrogens with one attached hydrogen (secondary N) is 2. The van der Waals surface area contributed by atoms with Crippen LogP contribution >= 0.6 is 0 Å². The molecule has 8 heteroatoms. The van der Waals surface area contributed by atoms with E-state index >= 15 is 0 Å². The van der Waals surface area contributed by atoms with Crippen LogP contribution in [0.5, 0.6) is 0 Å². The van der Waals surface area contributed by atoms with Crippen molar-refractivity contribution in [2.75, 3.05) is 16.8 Å². The summed E-state index contributed by atoms with van der Waals surface area (Å²) in [5.74, 6) is -0.147. The largest absolute Gasteiger partial charge is 0.366 e. The predicted molar refractivity (Wildman–Crippen MR) is 92.5 cm³/mol. The van der Waals surface area contributed by atoms with E-state index in [4.69, 9.17) is 0 Å². The van der Waals surface area contributed by atoms with Gasteiger partial charge in [0.05, 0.1) is 11.5 Å². The van der Waals surface area contributed by atoms with Crippen LogP contribution in [0.1, 0.15) is 22.3 Å². The lowest BCUT2D eigenvalue weighted by atomic mass is 10.2. The first-order chi connectivity index (χ1) is 11.9. The van der Waals surface area contributed by atoms with Crippen molar-refractivity contribution in [3.8, 4) is 0 Å². The summed E-state index contributed by atoms with van der Waals surface area (Å²) in [6.45, 7) is 0.242. The standard InChI is InChI=1S/C17H18FN3O3S/c18-15-4-2-1-3-13(15)10-20-16-9-12(5-7-19-16)17(22)21-14-6-8-25(23,24)11-14/h1-5,7,9,14H,6,8,10-11H2,(H,19,20)(H,21,22). The van der Waals surface area contributed by atoms with Gasteiger partial charge in [0.15, 0.2) is 9.84 Å². The molecule has 6 nitrogen and oxygen atoms in total. The SMILES string of the molecule is O=C(NC1CCS(=O)(=O)C1)c1ccnc(NCc2ccccc2F)c1. The van der Waals surface area contributed by atoms with Crippen LogP contribution in [0.3, 0.4) is 0 Å². The molecule has 0 saturated carbocycles. The summed E-state index contributed by atoms with van der Waals surface area (Å²) in [6, 6.07) is 9.15. The van der Waals surface area contributed by atoms with Crippen LogP contribution in [0.4, 0.5) is 10.2 Å². The summed E-state index contributed by atoms with van der Waals surface area (Å²) in [5, 5.41) is 5.70. The minimum atomic E-state index is -3.05. The van der Waals surface area contributed by atoms with Crippen molar-refractivity contribution < 1.29 is 17.6 Å². The first-order valence-corrected chi connectivity index (χ1v) is 9.70. The monoisotopic (exact) mass is 363 g/mol. The summed E-state index contributed by atoms with van der Waals surface area (Å²) in [4.78, 5) is 16.4. The van der Waals surface area contributed by atoms with Gasteiger partial charge < -0.3 is 10.6 Å². The molecule has 1 aromatic heterocycles. The van der Waals surface area contributed by atoms with Crippen molar-refractivity contribution in [2.45, 2.75) is 19.0 Å². The molecular formula is C17H18FN3O3S. The van der Waals surface area contributed by atoms with E-state index in [1.807, 2.05) is 0 Å². The summed E-state index contributed by atoms with van der Waals surface area (Å²) < 4.78 is 36.5. The highest BCUT2D eigenvalue weighted by Gasteiger charge is 2.29. The van der Waals surface area contributed by atoms with E-state index in [9.17, 15) is 17.6 Å². The molecule has 1 aromatic carbocycles. The second-order valence-corrected chi connectivity index (χ2v) is 8.18. The zero-order valence-corrected chi connectivity index (χ0v) is 14.2. The van der Waals surface area contributed by atoms with E-state index < -0.39 is 9.84 Å². The zero-order chi connectivity index (χ0) is 17.9.